The van der Waals surface area contributed by atoms with E-state index < -0.39 is 23.3 Å². The van der Waals surface area contributed by atoms with Gasteiger partial charge in [0.1, 0.15) is 52.3 Å². The van der Waals surface area contributed by atoms with Gasteiger partial charge in [-0.15, -0.1) is 0 Å². The summed E-state index contributed by atoms with van der Waals surface area (Å²) in [5, 5.41) is 3.32. The first-order chi connectivity index (χ1) is 37.2. The number of nitrogens with zero attached hydrogens (tertiary/aromatic N) is 13. The smallest absolute Gasteiger partial charge is 0.151 e. The number of rotatable bonds is 13. The minimum absolute atomic E-state index is 0. The lowest BCUT2D eigenvalue weighted by Gasteiger charge is -2.35. The second-order valence-corrected chi connectivity index (χ2v) is 21.2. The molecule has 0 amide bonds. The van der Waals surface area contributed by atoms with Crippen molar-refractivity contribution in [1.82, 2.24) is 59.2 Å². The van der Waals surface area contributed by atoms with E-state index in [9.17, 15) is 22.4 Å². The number of carbonyl (C=O) groups is 1. The van der Waals surface area contributed by atoms with Crippen LogP contribution in [0.5, 0.6) is 0 Å². The van der Waals surface area contributed by atoms with Gasteiger partial charge in [0.15, 0.2) is 11.6 Å². The predicted molar refractivity (Wildman–Crippen MR) is 298 cm³/mol. The average molecular weight is 1070 g/mol. The molecule has 4 aliphatic rings. The molecular weight excluding hydrogens is 997 g/mol. The molecule has 15 nitrogen and oxygen atoms in total. The summed E-state index contributed by atoms with van der Waals surface area (Å²) in [7, 11) is 0. The summed E-state index contributed by atoms with van der Waals surface area (Å²) in [4.78, 5) is 52.0. The number of hydrogen-bond acceptors (Lipinski definition) is 13. The summed E-state index contributed by atoms with van der Waals surface area (Å²) >= 11 is 0. The van der Waals surface area contributed by atoms with E-state index in [2.05, 4.69) is 59.9 Å². The van der Waals surface area contributed by atoms with E-state index in [0.29, 0.717) is 80.6 Å². The van der Waals surface area contributed by atoms with Crippen LogP contribution in [0.25, 0.3) is 44.3 Å². The maximum atomic E-state index is 15.0. The Morgan fingerprint density at radius 2 is 1.00 bits per heavy atom. The van der Waals surface area contributed by atoms with Crippen molar-refractivity contribution in [1.29, 1.82) is 0 Å². The van der Waals surface area contributed by atoms with E-state index >= 15 is 0 Å². The molecular formula is C59H70F4N14O. The minimum Gasteiger partial charge on any atom is -0.366 e. The number of hydrogen-bond donors (Lipinski definition) is 1. The van der Waals surface area contributed by atoms with E-state index in [1.54, 1.807) is 24.3 Å². The first kappa shape index (κ1) is 55.5. The van der Waals surface area contributed by atoms with Crippen LogP contribution in [0.4, 0.5) is 28.9 Å². The van der Waals surface area contributed by atoms with E-state index in [0.717, 1.165) is 100 Å². The number of anilines is 2. The molecule has 0 atom stereocenters. The number of aldehydes is 1. The average Bonchev–Trinajstić information content (AvgIpc) is 4.44. The number of halogens is 4. The maximum absolute atomic E-state index is 15.0. The largest absolute Gasteiger partial charge is 0.366 e. The minimum atomic E-state index is -0.509. The Kier molecular flexibility index (Phi) is 17.2. The number of pyridine rings is 2. The van der Waals surface area contributed by atoms with Crippen molar-refractivity contribution >= 4 is 39.7 Å². The van der Waals surface area contributed by atoms with Gasteiger partial charge in [0.25, 0.3) is 0 Å². The molecule has 0 spiro atoms. The van der Waals surface area contributed by atoms with Crippen LogP contribution in [-0.2, 0) is 17.6 Å². The highest BCUT2D eigenvalue weighted by molar-refractivity contribution is 5.85. The highest BCUT2D eigenvalue weighted by atomic mass is 19.1. The van der Waals surface area contributed by atoms with Crippen molar-refractivity contribution in [3.8, 4) is 22.3 Å². The molecule has 410 valence electrons. The zero-order valence-electron chi connectivity index (χ0n) is 44.7. The first-order valence-corrected chi connectivity index (χ1v) is 26.8. The Bertz CT molecular complexity index is 3360. The molecule has 2 aliphatic carbocycles. The molecule has 2 saturated heterocycles. The molecule has 19 heteroatoms. The number of aryl methyl sites for hydroxylation is 2. The summed E-state index contributed by atoms with van der Waals surface area (Å²) in [6, 6.07) is 9.77. The topological polar surface area (TPSA) is 152 Å². The first-order valence-electron chi connectivity index (χ1n) is 26.8. The van der Waals surface area contributed by atoms with Gasteiger partial charge in [-0.1, -0.05) is 7.43 Å². The number of nitrogens with one attached hydrogen (secondary N) is 1. The summed E-state index contributed by atoms with van der Waals surface area (Å²) in [6.07, 6.45) is 16.5. The quantitative estimate of drug-likeness (QED) is 0.0862. The number of imidazole rings is 2. The van der Waals surface area contributed by atoms with Gasteiger partial charge >= 0.3 is 0 Å². The number of piperazine rings is 2. The maximum Gasteiger partial charge on any atom is 0.151 e. The summed E-state index contributed by atoms with van der Waals surface area (Å²) < 4.78 is 63.5. The Balaban J connectivity index is 0.000000173. The van der Waals surface area contributed by atoms with E-state index in [4.69, 9.17) is 0 Å². The number of benzene rings is 2. The van der Waals surface area contributed by atoms with Crippen molar-refractivity contribution in [2.24, 2.45) is 11.8 Å². The zero-order valence-corrected chi connectivity index (χ0v) is 44.7. The molecule has 12 rings (SSSR count). The van der Waals surface area contributed by atoms with Crippen molar-refractivity contribution in [3.63, 3.8) is 0 Å². The lowest BCUT2D eigenvalue weighted by molar-refractivity contribution is -0.108. The van der Waals surface area contributed by atoms with Crippen molar-refractivity contribution < 1.29 is 22.4 Å². The molecule has 0 bridgehead atoms. The third-order valence-electron chi connectivity index (χ3n) is 14.6. The van der Waals surface area contributed by atoms with Gasteiger partial charge in [-0.05, 0) is 121 Å². The summed E-state index contributed by atoms with van der Waals surface area (Å²) in [5.74, 6) is 2.07. The molecule has 0 radical (unpaired) electrons. The van der Waals surface area contributed by atoms with Gasteiger partial charge in [0.2, 0.25) is 0 Å². The second kappa shape index (κ2) is 24.2. The Hall–Kier alpha value is -7.25. The van der Waals surface area contributed by atoms with E-state index in [-0.39, 0.29) is 25.1 Å². The monoisotopic (exact) mass is 1070 g/mol. The van der Waals surface area contributed by atoms with Crippen molar-refractivity contribution in [2.75, 3.05) is 68.7 Å². The standard InChI is InChI=1S/C29H33F2N7.C25H27F2N7.C4H6O.CH4/c1-18(2)38-19(3)35-29-25(30)10-21(11-27(29)38)24-12-22(32-16-26(24)31)13-28-33-14-23(15-34-28)37-8-6-36(7-9-37)17-20-4-5-20;1-15(2)34-16(3)32-25-21(26)8-17(9-23(25)34)20-10-18(29-14-22(20)27)11-24-30-12-19(13-31-24)33-6-4-28-5-7-33;5-3-4-1-2-4;/h10-12,14-16,18,20H,4-9,13,17H2,1-3H3;8-10,12-15,28H,4-7,11H2,1-3H3;3-4H,1-2H2;1H4. The van der Waals surface area contributed by atoms with Gasteiger partial charge in [0.05, 0.1) is 72.4 Å². The zero-order chi connectivity index (χ0) is 53.9. The highest BCUT2D eigenvalue weighted by Gasteiger charge is 2.27. The lowest BCUT2D eigenvalue weighted by atomic mass is 10.0. The van der Waals surface area contributed by atoms with Gasteiger partial charge < -0.3 is 29.0 Å². The number of carbonyl (C=O) groups excluding carboxylic acids is 1. The molecule has 2 aliphatic heterocycles. The normalized spacial score (nSPS) is 15.8. The fraction of sp³-hybridized carbons (Fsp3) is 0.441. The molecule has 0 unspecified atom stereocenters. The lowest BCUT2D eigenvalue weighted by Crippen LogP contribution is -2.47. The third-order valence-corrected chi connectivity index (χ3v) is 14.6. The molecule has 2 saturated carbocycles. The van der Waals surface area contributed by atoms with Crippen LogP contribution in [0.2, 0.25) is 0 Å². The van der Waals surface area contributed by atoms with Crippen LogP contribution < -0.4 is 15.1 Å². The van der Waals surface area contributed by atoms with E-state index in [1.807, 2.05) is 75.5 Å². The summed E-state index contributed by atoms with van der Waals surface area (Å²) in [5.41, 5.74) is 6.62. The SMILES string of the molecule is C.Cc1nc2c(F)cc(-c3cc(Cc4ncc(N5CCN(CC6CC6)CC5)cn4)ncc3F)cc2n1C(C)C.Cc1nc2c(F)cc(-c3cc(Cc4ncc(N5CCNCC5)cn4)ncc3F)cc2n1C(C)C.O=CC1CC1. The van der Waals surface area contributed by atoms with Crippen LogP contribution in [0, 0.1) is 49.0 Å². The fourth-order valence-electron chi connectivity index (χ4n) is 10.3. The number of fused-ring (bicyclic) bond motifs is 2. The van der Waals surface area contributed by atoms with Gasteiger partial charge in [-0.3, -0.25) is 14.9 Å². The van der Waals surface area contributed by atoms with Crippen LogP contribution in [0.3, 0.4) is 0 Å². The fourth-order valence-corrected chi connectivity index (χ4v) is 10.3. The van der Waals surface area contributed by atoms with Crippen molar-refractivity contribution in [2.45, 2.75) is 99.6 Å². The molecule has 8 aromatic rings. The number of aromatic nitrogens is 10. The van der Waals surface area contributed by atoms with Gasteiger partial charge in [-0.2, -0.15) is 0 Å². The van der Waals surface area contributed by atoms with Crippen LogP contribution >= 0.6 is 0 Å². The molecule has 8 heterocycles. The third kappa shape index (κ3) is 12.8. The van der Waals surface area contributed by atoms with Crippen molar-refractivity contribution in [3.05, 3.63) is 132 Å². The molecule has 78 heavy (non-hydrogen) atoms. The van der Waals surface area contributed by atoms with E-state index in [1.165, 1.54) is 43.9 Å². The molecule has 1 N–H and O–H groups in total. The Labute approximate surface area is 453 Å². The second-order valence-electron chi connectivity index (χ2n) is 21.2. The summed E-state index contributed by atoms with van der Waals surface area (Å²) in [6.45, 7) is 20.8. The van der Waals surface area contributed by atoms with Gasteiger partial charge in [0, 0.05) is 99.4 Å². The Morgan fingerprint density at radius 1 is 0.564 bits per heavy atom. The highest BCUT2D eigenvalue weighted by Crippen LogP contribution is 2.34. The van der Waals surface area contributed by atoms with Crippen LogP contribution in [0.1, 0.15) is 108 Å². The Morgan fingerprint density at radius 3 is 1.38 bits per heavy atom. The molecule has 2 aromatic carbocycles. The molecule has 4 fully saturated rings. The van der Waals surface area contributed by atoms with Crippen LogP contribution in [0.15, 0.2) is 73.6 Å². The van der Waals surface area contributed by atoms with Gasteiger partial charge in [-0.25, -0.2) is 47.5 Å². The molecule has 6 aromatic heterocycles. The predicted octanol–water partition coefficient (Wildman–Crippen LogP) is 10.5. The van der Waals surface area contributed by atoms with Crippen LogP contribution in [-0.4, -0.2) is 119 Å².